The Morgan fingerprint density at radius 3 is 2.61 bits per heavy atom. The number of rotatable bonds is 5. The van der Waals surface area contributed by atoms with Crippen LogP contribution in [-0.4, -0.2) is 7.11 Å². The maximum Gasteiger partial charge on any atom is 0.127 e. The number of para-hydroxylation sites is 1. The zero-order valence-corrected chi connectivity index (χ0v) is 10.1. The Morgan fingerprint density at radius 2 is 1.89 bits per heavy atom. The molecule has 0 saturated carbocycles. The molecule has 2 aromatic carbocycles. The van der Waals surface area contributed by atoms with Gasteiger partial charge in [0.15, 0.2) is 0 Å². The van der Waals surface area contributed by atoms with E-state index in [4.69, 9.17) is 4.74 Å². The predicted octanol–water partition coefficient (Wildman–Crippen LogP) is 2.95. The van der Waals surface area contributed by atoms with Crippen LogP contribution in [0.15, 0.2) is 48.5 Å². The second-order valence-corrected chi connectivity index (χ2v) is 3.84. The number of hydrogen-bond donors (Lipinski definition) is 2. The van der Waals surface area contributed by atoms with E-state index in [1.807, 2.05) is 30.3 Å². The monoisotopic (exact) mass is 246 g/mol. The smallest absolute Gasteiger partial charge is 0.127 e. The second kappa shape index (κ2) is 6.02. The lowest BCUT2D eigenvalue weighted by molar-refractivity contribution is 0.410. The van der Waals surface area contributed by atoms with Crippen molar-refractivity contribution in [3.63, 3.8) is 0 Å². The molecule has 0 atom stereocenters. The third kappa shape index (κ3) is 3.46. The van der Waals surface area contributed by atoms with E-state index < -0.39 is 0 Å². The minimum Gasteiger partial charge on any atom is -0.497 e. The summed E-state index contributed by atoms with van der Waals surface area (Å²) in [6.45, 7) is 0.503. The molecule has 18 heavy (non-hydrogen) atoms. The quantitative estimate of drug-likeness (QED) is 0.796. The van der Waals surface area contributed by atoms with Gasteiger partial charge in [-0.15, -0.1) is 0 Å². The van der Waals surface area contributed by atoms with Gasteiger partial charge >= 0.3 is 0 Å². The second-order valence-electron chi connectivity index (χ2n) is 3.84. The van der Waals surface area contributed by atoms with E-state index in [2.05, 4.69) is 10.9 Å². The van der Waals surface area contributed by atoms with E-state index in [0.29, 0.717) is 12.3 Å². The van der Waals surface area contributed by atoms with Crippen LogP contribution in [0.5, 0.6) is 5.75 Å². The number of hydrazine groups is 1. The molecule has 0 aromatic heterocycles. The summed E-state index contributed by atoms with van der Waals surface area (Å²) in [4.78, 5) is 0. The van der Waals surface area contributed by atoms with E-state index >= 15 is 0 Å². The zero-order chi connectivity index (χ0) is 12.8. The summed E-state index contributed by atoms with van der Waals surface area (Å²) >= 11 is 0. The van der Waals surface area contributed by atoms with Crippen molar-refractivity contribution in [2.75, 3.05) is 12.5 Å². The van der Waals surface area contributed by atoms with Crippen LogP contribution >= 0.6 is 0 Å². The van der Waals surface area contributed by atoms with Crippen molar-refractivity contribution >= 4 is 5.69 Å². The number of nitrogens with one attached hydrogen (secondary N) is 2. The van der Waals surface area contributed by atoms with Gasteiger partial charge < -0.3 is 10.2 Å². The maximum absolute atomic E-state index is 13.2. The van der Waals surface area contributed by atoms with Gasteiger partial charge in [0.05, 0.1) is 7.11 Å². The molecule has 0 fully saturated rings. The first-order valence-electron chi connectivity index (χ1n) is 5.65. The zero-order valence-electron chi connectivity index (χ0n) is 10.1. The summed E-state index contributed by atoms with van der Waals surface area (Å²) in [5.41, 5.74) is 7.84. The highest BCUT2D eigenvalue weighted by Gasteiger charge is 2.00. The Kier molecular flexibility index (Phi) is 4.15. The summed E-state index contributed by atoms with van der Waals surface area (Å²) in [6.07, 6.45) is 0. The maximum atomic E-state index is 13.2. The highest BCUT2D eigenvalue weighted by Crippen LogP contribution is 2.15. The molecule has 94 valence electrons. The lowest BCUT2D eigenvalue weighted by Crippen LogP contribution is -2.20. The Hall–Kier alpha value is -2.07. The molecule has 0 amide bonds. The van der Waals surface area contributed by atoms with Crippen molar-refractivity contribution in [3.8, 4) is 5.75 Å². The number of halogens is 1. The number of hydrogen-bond acceptors (Lipinski definition) is 3. The van der Waals surface area contributed by atoms with Gasteiger partial charge in [0, 0.05) is 18.3 Å². The van der Waals surface area contributed by atoms with Crippen molar-refractivity contribution in [1.29, 1.82) is 0 Å². The van der Waals surface area contributed by atoms with Crippen LogP contribution < -0.4 is 15.6 Å². The molecule has 0 radical (unpaired) electrons. The lowest BCUT2D eigenvalue weighted by Gasteiger charge is -2.09. The van der Waals surface area contributed by atoms with Crippen LogP contribution in [0.3, 0.4) is 0 Å². The van der Waals surface area contributed by atoms with E-state index in [9.17, 15) is 4.39 Å². The molecule has 4 heteroatoms. The summed E-state index contributed by atoms with van der Waals surface area (Å²) in [5.74, 6) is 0.220. The van der Waals surface area contributed by atoms with Crippen LogP contribution in [0.4, 0.5) is 10.1 Å². The number of benzene rings is 2. The normalized spacial score (nSPS) is 10.1. The summed E-state index contributed by atoms with van der Waals surface area (Å²) in [7, 11) is 1.52. The number of methoxy groups -OCH3 is 1. The Balaban J connectivity index is 1.92. The van der Waals surface area contributed by atoms with Crippen molar-refractivity contribution in [2.45, 2.75) is 6.54 Å². The molecule has 0 heterocycles. The molecule has 0 spiro atoms. The van der Waals surface area contributed by atoms with Gasteiger partial charge in [-0.1, -0.05) is 18.2 Å². The fraction of sp³-hybridized carbons (Fsp3) is 0.143. The molecule has 2 aromatic rings. The molecule has 2 rings (SSSR count). The third-order valence-electron chi connectivity index (χ3n) is 2.47. The molecule has 3 nitrogen and oxygen atoms in total. The van der Waals surface area contributed by atoms with Crippen LogP contribution in [0, 0.1) is 5.82 Å². The van der Waals surface area contributed by atoms with Crippen molar-refractivity contribution < 1.29 is 9.13 Å². The van der Waals surface area contributed by atoms with Crippen molar-refractivity contribution in [3.05, 3.63) is 59.9 Å². The fourth-order valence-electron chi connectivity index (χ4n) is 1.61. The standard InChI is InChI=1S/C14H15FN2O/c1-18-14-8-11(7-12(15)9-14)10-16-17-13-5-3-2-4-6-13/h2-9,16-17H,10H2,1H3. The molecule has 0 aliphatic rings. The van der Waals surface area contributed by atoms with Gasteiger partial charge in [0.1, 0.15) is 11.6 Å². The molecule has 2 N–H and O–H groups in total. The van der Waals surface area contributed by atoms with Crippen molar-refractivity contribution in [1.82, 2.24) is 5.43 Å². The largest absolute Gasteiger partial charge is 0.497 e. The molecule has 0 bridgehead atoms. The van der Waals surface area contributed by atoms with Gasteiger partial charge in [0.25, 0.3) is 0 Å². The predicted molar refractivity (Wildman–Crippen MR) is 69.9 cm³/mol. The van der Waals surface area contributed by atoms with E-state index in [1.54, 1.807) is 6.07 Å². The average molecular weight is 246 g/mol. The minimum atomic E-state index is -0.300. The average Bonchev–Trinajstić information content (AvgIpc) is 2.39. The Bertz CT molecular complexity index is 502. The van der Waals surface area contributed by atoms with E-state index in [-0.39, 0.29) is 5.82 Å². The molecule has 0 saturated heterocycles. The van der Waals surface area contributed by atoms with E-state index in [1.165, 1.54) is 19.2 Å². The molecular formula is C14H15FN2O. The van der Waals surface area contributed by atoms with Gasteiger partial charge in [-0.05, 0) is 29.8 Å². The summed E-state index contributed by atoms with van der Waals surface area (Å²) in [5, 5.41) is 0. The first-order chi connectivity index (χ1) is 8.78. The van der Waals surface area contributed by atoms with Crippen LogP contribution in [0.1, 0.15) is 5.56 Å². The number of anilines is 1. The van der Waals surface area contributed by atoms with Gasteiger partial charge in [-0.25, -0.2) is 9.82 Å². The number of ether oxygens (including phenoxy) is 1. The first-order valence-corrected chi connectivity index (χ1v) is 5.65. The summed E-state index contributed by atoms with van der Waals surface area (Å²) in [6, 6.07) is 14.3. The highest BCUT2D eigenvalue weighted by molar-refractivity contribution is 5.41. The fourth-order valence-corrected chi connectivity index (χ4v) is 1.61. The van der Waals surface area contributed by atoms with Gasteiger partial charge in [0.2, 0.25) is 0 Å². The SMILES string of the molecule is COc1cc(F)cc(CNNc2ccccc2)c1. The minimum absolute atomic E-state index is 0.300. The lowest BCUT2D eigenvalue weighted by atomic mass is 10.2. The molecule has 0 unspecified atom stereocenters. The topological polar surface area (TPSA) is 33.3 Å². The molecular weight excluding hydrogens is 231 g/mol. The van der Waals surface area contributed by atoms with Gasteiger partial charge in [-0.3, -0.25) is 0 Å². The van der Waals surface area contributed by atoms with Crippen molar-refractivity contribution in [2.24, 2.45) is 0 Å². The first kappa shape index (κ1) is 12.4. The van der Waals surface area contributed by atoms with Crippen LogP contribution in [0.2, 0.25) is 0 Å². The molecule has 0 aliphatic carbocycles. The highest BCUT2D eigenvalue weighted by atomic mass is 19.1. The van der Waals surface area contributed by atoms with E-state index in [0.717, 1.165) is 11.3 Å². The van der Waals surface area contributed by atoms with Crippen LogP contribution in [-0.2, 0) is 6.54 Å². The third-order valence-corrected chi connectivity index (χ3v) is 2.47. The van der Waals surface area contributed by atoms with Gasteiger partial charge in [-0.2, -0.15) is 0 Å². The van der Waals surface area contributed by atoms with Crippen LogP contribution in [0.25, 0.3) is 0 Å². The summed E-state index contributed by atoms with van der Waals surface area (Å²) < 4.78 is 18.2. The molecule has 0 aliphatic heterocycles. The Labute approximate surface area is 106 Å². The Morgan fingerprint density at radius 1 is 1.11 bits per heavy atom.